The second-order valence-electron chi connectivity index (χ2n) is 5.04. The first kappa shape index (κ1) is 19.2. The summed E-state index contributed by atoms with van der Waals surface area (Å²) in [4.78, 5) is 12.1. The van der Waals surface area contributed by atoms with Gasteiger partial charge < -0.3 is 19.5 Å². The molecule has 138 valence electrons. The lowest BCUT2D eigenvalue weighted by Gasteiger charge is -2.10. The van der Waals surface area contributed by atoms with Crippen LogP contribution in [0.3, 0.4) is 0 Å². The van der Waals surface area contributed by atoms with E-state index in [1.165, 1.54) is 31.4 Å². The lowest BCUT2D eigenvalue weighted by atomic mass is 10.2. The normalized spacial score (nSPS) is 10.8. The van der Waals surface area contributed by atoms with Crippen molar-refractivity contribution in [3.63, 3.8) is 0 Å². The van der Waals surface area contributed by atoms with Crippen molar-refractivity contribution in [3.05, 3.63) is 54.1 Å². The zero-order chi connectivity index (χ0) is 18.9. The fourth-order valence-electron chi connectivity index (χ4n) is 2.18. The topological polar surface area (TPSA) is 56.8 Å². The van der Waals surface area contributed by atoms with Gasteiger partial charge in [0, 0.05) is 6.08 Å². The predicted molar refractivity (Wildman–Crippen MR) is 94.9 cm³/mol. The van der Waals surface area contributed by atoms with Crippen molar-refractivity contribution in [2.24, 2.45) is 0 Å². The molecule has 2 rings (SSSR count). The minimum absolute atomic E-state index is 0.105. The van der Waals surface area contributed by atoms with Gasteiger partial charge >= 0.3 is 6.61 Å². The van der Waals surface area contributed by atoms with Crippen molar-refractivity contribution in [3.8, 4) is 17.2 Å². The highest BCUT2D eigenvalue weighted by atomic mass is 19.3. The fraction of sp³-hybridized carbons (Fsp3) is 0.211. The summed E-state index contributed by atoms with van der Waals surface area (Å²) in [5, 5.41) is 2.51. The van der Waals surface area contributed by atoms with Gasteiger partial charge in [-0.05, 0) is 42.8 Å². The van der Waals surface area contributed by atoms with Crippen LogP contribution in [0.1, 0.15) is 12.5 Å². The molecule has 0 bridgehead atoms. The standard InChI is InChI=1S/C19H19F2NO4/c1-3-25-16-10-8-13(12-17(16)24-2)9-11-18(23)22-14-6-4-5-7-15(14)26-19(20)21/h4-12,19H,3H2,1-2H3,(H,22,23)/b11-9+. The minimum atomic E-state index is -2.97. The van der Waals surface area contributed by atoms with Crippen molar-refractivity contribution in [1.82, 2.24) is 0 Å². The zero-order valence-electron chi connectivity index (χ0n) is 14.4. The van der Waals surface area contributed by atoms with Gasteiger partial charge in [-0.3, -0.25) is 4.79 Å². The third-order valence-electron chi connectivity index (χ3n) is 3.28. The number of alkyl halides is 2. The molecule has 2 aromatic rings. The number of methoxy groups -OCH3 is 1. The third kappa shape index (κ3) is 5.47. The average molecular weight is 363 g/mol. The highest BCUT2D eigenvalue weighted by Gasteiger charge is 2.10. The van der Waals surface area contributed by atoms with Crippen molar-refractivity contribution >= 4 is 17.7 Å². The first-order valence-corrected chi connectivity index (χ1v) is 7.87. The van der Waals surface area contributed by atoms with Crippen LogP contribution in [0.2, 0.25) is 0 Å². The number of carbonyl (C=O) groups is 1. The van der Waals surface area contributed by atoms with E-state index in [-0.39, 0.29) is 11.4 Å². The molecule has 1 N–H and O–H groups in total. The Morgan fingerprint density at radius 2 is 1.92 bits per heavy atom. The molecular formula is C19H19F2NO4. The monoisotopic (exact) mass is 363 g/mol. The zero-order valence-corrected chi connectivity index (χ0v) is 14.4. The maximum Gasteiger partial charge on any atom is 0.387 e. The average Bonchev–Trinajstić information content (AvgIpc) is 2.62. The van der Waals surface area contributed by atoms with Gasteiger partial charge in [-0.1, -0.05) is 18.2 Å². The van der Waals surface area contributed by atoms with Crippen molar-refractivity contribution in [2.75, 3.05) is 19.0 Å². The summed E-state index contributed by atoms with van der Waals surface area (Å²) >= 11 is 0. The predicted octanol–water partition coefficient (Wildman–Crippen LogP) is 4.35. The minimum Gasteiger partial charge on any atom is -0.493 e. The number of benzene rings is 2. The van der Waals surface area contributed by atoms with Crippen LogP contribution in [0.25, 0.3) is 6.08 Å². The largest absolute Gasteiger partial charge is 0.493 e. The Morgan fingerprint density at radius 1 is 1.15 bits per heavy atom. The van der Waals surface area contributed by atoms with Crippen LogP contribution in [0, 0.1) is 0 Å². The van der Waals surface area contributed by atoms with Crippen LogP contribution in [0.4, 0.5) is 14.5 Å². The number of hydrogen-bond acceptors (Lipinski definition) is 4. The number of para-hydroxylation sites is 2. The van der Waals surface area contributed by atoms with Crippen LogP contribution < -0.4 is 19.5 Å². The van der Waals surface area contributed by atoms with Gasteiger partial charge in [-0.25, -0.2) is 0 Å². The molecule has 0 saturated carbocycles. The molecule has 0 unspecified atom stereocenters. The molecule has 0 heterocycles. The van der Waals surface area contributed by atoms with E-state index >= 15 is 0 Å². The summed E-state index contributed by atoms with van der Waals surface area (Å²) in [6.45, 7) is -0.596. The Kier molecular flexibility index (Phi) is 6.96. The molecule has 2 aromatic carbocycles. The molecule has 0 aliphatic heterocycles. The van der Waals surface area contributed by atoms with E-state index in [4.69, 9.17) is 9.47 Å². The molecule has 0 aliphatic carbocycles. The van der Waals surface area contributed by atoms with Gasteiger partial charge in [0.2, 0.25) is 5.91 Å². The number of rotatable bonds is 8. The summed E-state index contributed by atoms with van der Waals surface area (Å²) in [5.41, 5.74) is 0.879. The summed E-state index contributed by atoms with van der Waals surface area (Å²) in [7, 11) is 1.53. The van der Waals surface area contributed by atoms with Gasteiger partial charge in [-0.15, -0.1) is 0 Å². The van der Waals surface area contributed by atoms with Crippen molar-refractivity contribution < 1.29 is 27.8 Å². The first-order valence-electron chi connectivity index (χ1n) is 7.87. The lowest BCUT2D eigenvalue weighted by molar-refractivity contribution is -0.111. The van der Waals surface area contributed by atoms with Gasteiger partial charge in [0.05, 0.1) is 19.4 Å². The Labute approximate surface area is 150 Å². The Hall–Kier alpha value is -3.09. The number of halogens is 2. The third-order valence-corrected chi connectivity index (χ3v) is 3.28. The molecule has 1 amide bonds. The first-order chi connectivity index (χ1) is 12.5. The van der Waals surface area contributed by atoms with E-state index < -0.39 is 12.5 Å². The molecule has 0 radical (unpaired) electrons. The molecule has 0 saturated heterocycles. The second-order valence-corrected chi connectivity index (χ2v) is 5.04. The summed E-state index contributed by atoms with van der Waals surface area (Å²) < 4.78 is 39.8. The van der Waals surface area contributed by atoms with Crippen LogP contribution in [0.15, 0.2) is 48.5 Å². The quantitative estimate of drug-likeness (QED) is 0.709. The van der Waals surface area contributed by atoms with Crippen LogP contribution in [-0.2, 0) is 4.79 Å². The Balaban J connectivity index is 2.08. The second kappa shape index (κ2) is 9.41. The SMILES string of the molecule is CCOc1ccc(/C=C/C(=O)Nc2ccccc2OC(F)F)cc1OC. The van der Waals surface area contributed by atoms with E-state index in [9.17, 15) is 13.6 Å². The van der Waals surface area contributed by atoms with Crippen LogP contribution >= 0.6 is 0 Å². The van der Waals surface area contributed by atoms with Crippen molar-refractivity contribution in [2.45, 2.75) is 13.5 Å². The molecule has 0 fully saturated rings. The summed E-state index contributed by atoms with van der Waals surface area (Å²) in [6.07, 6.45) is 2.86. The number of amides is 1. The van der Waals surface area contributed by atoms with E-state index in [0.717, 1.165) is 5.56 Å². The molecule has 0 aromatic heterocycles. The highest BCUT2D eigenvalue weighted by molar-refractivity contribution is 6.02. The van der Waals surface area contributed by atoms with Crippen molar-refractivity contribution in [1.29, 1.82) is 0 Å². The Bertz CT molecular complexity index is 778. The Morgan fingerprint density at radius 3 is 2.62 bits per heavy atom. The van der Waals surface area contributed by atoms with E-state index in [0.29, 0.717) is 18.1 Å². The lowest BCUT2D eigenvalue weighted by Crippen LogP contribution is -2.11. The van der Waals surface area contributed by atoms with E-state index in [1.807, 2.05) is 6.92 Å². The smallest absolute Gasteiger partial charge is 0.387 e. The number of nitrogens with one attached hydrogen (secondary N) is 1. The van der Waals surface area contributed by atoms with Crippen LogP contribution in [-0.4, -0.2) is 26.2 Å². The van der Waals surface area contributed by atoms with Crippen LogP contribution in [0.5, 0.6) is 17.2 Å². The van der Waals surface area contributed by atoms with Gasteiger partial charge in [0.1, 0.15) is 5.75 Å². The molecule has 26 heavy (non-hydrogen) atoms. The number of ether oxygens (including phenoxy) is 3. The molecule has 0 aliphatic rings. The molecule has 0 atom stereocenters. The molecule has 7 heteroatoms. The summed E-state index contributed by atoms with van der Waals surface area (Å²) in [6, 6.07) is 11.2. The molecule has 0 spiro atoms. The van der Waals surface area contributed by atoms with E-state index in [1.54, 1.807) is 30.3 Å². The van der Waals surface area contributed by atoms with Gasteiger partial charge in [0.15, 0.2) is 11.5 Å². The molecular weight excluding hydrogens is 344 g/mol. The number of anilines is 1. The number of hydrogen-bond donors (Lipinski definition) is 1. The highest BCUT2D eigenvalue weighted by Crippen LogP contribution is 2.29. The van der Waals surface area contributed by atoms with Gasteiger partial charge in [0.25, 0.3) is 0 Å². The maximum atomic E-state index is 12.4. The number of carbonyl (C=O) groups excluding carboxylic acids is 1. The maximum absolute atomic E-state index is 12.4. The van der Waals surface area contributed by atoms with Gasteiger partial charge in [-0.2, -0.15) is 8.78 Å². The fourth-order valence-corrected chi connectivity index (χ4v) is 2.18. The summed E-state index contributed by atoms with van der Waals surface area (Å²) in [5.74, 6) is 0.565. The molecule has 5 nitrogen and oxygen atoms in total. The van der Waals surface area contributed by atoms with E-state index in [2.05, 4.69) is 10.1 Å².